The van der Waals surface area contributed by atoms with E-state index >= 15 is 4.39 Å². The minimum absolute atomic E-state index is 0.175. The van der Waals surface area contributed by atoms with Gasteiger partial charge in [-0.2, -0.15) is 0 Å². The van der Waals surface area contributed by atoms with Crippen LogP contribution in [0.3, 0.4) is 0 Å². The summed E-state index contributed by atoms with van der Waals surface area (Å²) < 4.78 is 26.8. The van der Waals surface area contributed by atoms with Gasteiger partial charge in [-0.3, -0.25) is 19.3 Å². The lowest BCUT2D eigenvalue weighted by Gasteiger charge is -2.36. The van der Waals surface area contributed by atoms with Gasteiger partial charge in [-0.25, -0.2) is 13.9 Å². The molecule has 2 aliphatic heterocycles. The van der Waals surface area contributed by atoms with Crippen molar-refractivity contribution in [2.75, 3.05) is 55.7 Å². The number of nitrogens with one attached hydrogen (secondary N) is 1. The van der Waals surface area contributed by atoms with E-state index in [2.05, 4.69) is 15.6 Å². The predicted octanol–water partition coefficient (Wildman–Crippen LogP) is 0.469. The van der Waals surface area contributed by atoms with Crippen molar-refractivity contribution >= 4 is 35.3 Å². The van der Waals surface area contributed by atoms with Crippen LogP contribution in [0.1, 0.15) is 19.0 Å². The number of carbonyl (C=O) groups excluding carboxylic acids is 4. The van der Waals surface area contributed by atoms with Crippen LogP contribution in [0.25, 0.3) is 0 Å². The molecular formula is C24H30FN7O6. The average Bonchev–Trinajstić information content (AvgIpc) is 3.47. The standard InChI is InChI=1S/C24H30FN7O6/c1-3-37-23(35)11-21(33)26-12-22(34)30-8-6-29(7-9-30)20-5-4-17(10-19(20)25)32-15-18(38-24(32)36)14-31-13-16(2)27-28-31/h4-5,10,13,18H,3,6-9,11-12,14-15H2,1-2H3,(H,26,33)/t18-/m0/s1. The van der Waals surface area contributed by atoms with Crippen molar-refractivity contribution in [2.24, 2.45) is 0 Å². The van der Waals surface area contributed by atoms with Crippen molar-refractivity contribution in [3.8, 4) is 0 Å². The van der Waals surface area contributed by atoms with E-state index in [0.717, 1.165) is 5.69 Å². The van der Waals surface area contributed by atoms with Crippen molar-refractivity contribution in [1.29, 1.82) is 0 Å². The van der Waals surface area contributed by atoms with Crippen LogP contribution in [0.15, 0.2) is 24.4 Å². The van der Waals surface area contributed by atoms with E-state index in [4.69, 9.17) is 9.47 Å². The number of rotatable bonds is 9. The molecule has 1 aromatic heterocycles. The van der Waals surface area contributed by atoms with Gasteiger partial charge in [0.15, 0.2) is 0 Å². The number of hydrogen-bond acceptors (Lipinski definition) is 9. The van der Waals surface area contributed by atoms with Gasteiger partial charge in [0.05, 0.1) is 43.3 Å². The SMILES string of the molecule is CCOC(=O)CC(=O)NCC(=O)N1CCN(c2ccc(N3C[C@H](Cn4cc(C)nn4)OC3=O)cc2F)CC1. The maximum Gasteiger partial charge on any atom is 0.414 e. The van der Waals surface area contributed by atoms with E-state index in [-0.39, 0.29) is 25.6 Å². The van der Waals surface area contributed by atoms with Gasteiger partial charge in [0.25, 0.3) is 0 Å². The summed E-state index contributed by atoms with van der Waals surface area (Å²) in [5.74, 6) is -2.01. The number of nitrogens with zero attached hydrogens (tertiary/aromatic N) is 6. The third-order valence-corrected chi connectivity index (χ3v) is 6.18. The Bertz CT molecular complexity index is 1200. The zero-order chi connectivity index (χ0) is 27.2. The smallest absolute Gasteiger partial charge is 0.414 e. The van der Waals surface area contributed by atoms with Crippen molar-refractivity contribution < 1.29 is 33.0 Å². The second-order valence-corrected chi connectivity index (χ2v) is 8.96. The first kappa shape index (κ1) is 26.8. The number of hydrogen-bond donors (Lipinski definition) is 1. The molecule has 13 nitrogen and oxygen atoms in total. The predicted molar refractivity (Wildman–Crippen MR) is 132 cm³/mol. The molecule has 0 radical (unpaired) electrons. The summed E-state index contributed by atoms with van der Waals surface area (Å²) in [4.78, 5) is 52.7. The van der Waals surface area contributed by atoms with Gasteiger partial charge in [0.1, 0.15) is 18.3 Å². The topological polar surface area (TPSA) is 139 Å². The summed E-state index contributed by atoms with van der Waals surface area (Å²) in [7, 11) is 0. The van der Waals surface area contributed by atoms with Crippen LogP contribution in [0.4, 0.5) is 20.6 Å². The number of esters is 1. The lowest BCUT2D eigenvalue weighted by Crippen LogP contribution is -2.51. The number of aryl methyl sites for hydroxylation is 1. The molecule has 2 fully saturated rings. The zero-order valence-electron chi connectivity index (χ0n) is 21.3. The third-order valence-electron chi connectivity index (χ3n) is 6.18. The molecule has 0 bridgehead atoms. The van der Waals surface area contributed by atoms with Crippen molar-refractivity contribution in [2.45, 2.75) is 32.9 Å². The van der Waals surface area contributed by atoms with Crippen LogP contribution in [-0.2, 0) is 30.4 Å². The second-order valence-electron chi connectivity index (χ2n) is 8.96. The van der Waals surface area contributed by atoms with E-state index in [1.807, 2.05) is 11.8 Å². The molecule has 2 aromatic rings. The number of halogens is 1. The lowest BCUT2D eigenvalue weighted by molar-refractivity contribution is -0.146. The van der Waals surface area contributed by atoms with Crippen LogP contribution in [0.2, 0.25) is 0 Å². The van der Waals surface area contributed by atoms with Gasteiger partial charge in [0.2, 0.25) is 11.8 Å². The first-order valence-electron chi connectivity index (χ1n) is 12.3. The zero-order valence-corrected chi connectivity index (χ0v) is 21.3. The number of ether oxygens (including phenoxy) is 2. The highest BCUT2D eigenvalue weighted by Gasteiger charge is 2.33. The van der Waals surface area contributed by atoms with Crippen LogP contribution in [0, 0.1) is 12.7 Å². The molecule has 0 spiro atoms. The number of piperazine rings is 1. The Hall–Kier alpha value is -4.23. The first-order valence-corrected chi connectivity index (χ1v) is 12.3. The molecule has 3 heterocycles. The molecule has 1 N–H and O–H groups in total. The molecule has 204 valence electrons. The Morgan fingerprint density at radius 1 is 1.21 bits per heavy atom. The van der Waals surface area contributed by atoms with E-state index in [9.17, 15) is 19.2 Å². The highest BCUT2D eigenvalue weighted by atomic mass is 19.1. The Morgan fingerprint density at radius 2 is 1.97 bits per heavy atom. The van der Waals surface area contributed by atoms with Crippen LogP contribution in [-0.4, -0.2) is 95.8 Å². The van der Waals surface area contributed by atoms with Crippen molar-refractivity contribution in [3.63, 3.8) is 0 Å². The summed E-state index contributed by atoms with van der Waals surface area (Å²) in [5, 5.41) is 10.3. The molecule has 0 unspecified atom stereocenters. The fraction of sp³-hybridized carbons (Fsp3) is 0.500. The highest BCUT2D eigenvalue weighted by molar-refractivity contribution is 5.96. The monoisotopic (exact) mass is 531 g/mol. The van der Waals surface area contributed by atoms with E-state index in [1.165, 1.54) is 11.0 Å². The Kier molecular flexibility index (Phi) is 8.38. The largest absolute Gasteiger partial charge is 0.466 e. The Labute approximate surface area is 218 Å². The van der Waals surface area contributed by atoms with Crippen molar-refractivity contribution in [3.05, 3.63) is 35.9 Å². The summed E-state index contributed by atoms with van der Waals surface area (Å²) in [6, 6.07) is 4.58. The maximum absolute atomic E-state index is 15.1. The summed E-state index contributed by atoms with van der Waals surface area (Å²) in [6.07, 6.45) is 0.314. The van der Waals surface area contributed by atoms with Gasteiger partial charge in [-0.15, -0.1) is 5.10 Å². The molecule has 2 aliphatic rings. The second kappa shape index (κ2) is 11.9. The average molecular weight is 532 g/mol. The number of cyclic esters (lactones) is 1. The molecule has 4 rings (SSSR count). The van der Waals surface area contributed by atoms with Gasteiger partial charge >= 0.3 is 12.1 Å². The first-order chi connectivity index (χ1) is 18.2. The van der Waals surface area contributed by atoms with Crippen molar-refractivity contribution in [1.82, 2.24) is 25.2 Å². The maximum atomic E-state index is 15.1. The van der Waals surface area contributed by atoms with Gasteiger partial charge in [0, 0.05) is 32.4 Å². The van der Waals surface area contributed by atoms with Gasteiger partial charge < -0.3 is 24.6 Å². The van der Waals surface area contributed by atoms with Gasteiger partial charge in [-0.1, -0.05) is 5.21 Å². The van der Waals surface area contributed by atoms with E-state index in [0.29, 0.717) is 44.1 Å². The highest BCUT2D eigenvalue weighted by Crippen LogP contribution is 2.29. The molecular weight excluding hydrogens is 501 g/mol. The quantitative estimate of drug-likeness (QED) is 0.361. The minimum Gasteiger partial charge on any atom is -0.466 e. The number of carbonyl (C=O) groups is 4. The number of amides is 3. The molecule has 1 atom stereocenters. The number of aromatic nitrogens is 3. The number of anilines is 2. The third kappa shape index (κ3) is 6.55. The molecule has 14 heteroatoms. The molecule has 3 amide bonds. The van der Waals surface area contributed by atoms with Crippen LogP contribution in [0.5, 0.6) is 0 Å². The molecule has 1 aromatic carbocycles. The number of benzene rings is 1. The van der Waals surface area contributed by atoms with E-state index in [1.54, 1.807) is 34.8 Å². The Balaban J connectivity index is 1.27. The fourth-order valence-electron chi connectivity index (χ4n) is 4.33. The lowest BCUT2D eigenvalue weighted by atomic mass is 10.2. The summed E-state index contributed by atoms with van der Waals surface area (Å²) in [6.45, 7) is 5.48. The van der Waals surface area contributed by atoms with Crippen LogP contribution >= 0.6 is 0 Å². The van der Waals surface area contributed by atoms with Gasteiger partial charge in [-0.05, 0) is 32.0 Å². The minimum atomic E-state index is -0.651. The molecule has 0 aliphatic carbocycles. The Morgan fingerprint density at radius 3 is 2.63 bits per heavy atom. The molecule has 2 saturated heterocycles. The molecule has 38 heavy (non-hydrogen) atoms. The molecule has 0 saturated carbocycles. The fourth-order valence-corrected chi connectivity index (χ4v) is 4.33. The summed E-state index contributed by atoms with van der Waals surface area (Å²) in [5.41, 5.74) is 1.51. The normalized spacial score (nSPS) is 17.4. The van der Waals surface area contributed by atoms with E-state index < -0.39 is 36.3 Å². The summed E-state index contributed by atoms with van der Waals surface area (Å²) >= 11 is 0. The van der Waals surface area contributed by atoms with Crippen LogP contribution < -0.4 is 15.1 Å².